The minimum atomic E-state index is 0.0676. The summed E-state index contributed by atoms with van der Waals surface area (Å²) in [5, 5.41) is 2.82. The van der Waals surface area contributed by atoms with Crippen LogP contribution in [0.5, 0.6) is 0 Å². The van der Waals surface area contributed by atoms with E-state index in [9.17, 15) is 4.79 Å². The third-order valence-corrected chi connectivity index (χ3v) is 3.14. The van der Waals surface area contributed by atoms with Crippen molar-refractivity contribution < 1.29 is 4.79 Å². The minimum Gasteiger partial charge on any atom is -0.326 e. The van der Waals surface area contributed by atoms with Gasteiger partial charge in [-0.2, -0.15) is 0 Å². The standard InChI is InChI=1S/C12H17N3O/c1-12(2)5-9(12)11(16)15-10-4-3-8(6-13)7-14-10/h3-4,7,9H,5-6,13H2,1-2H3,(H,14,15,16). The van der Waals surface area contributed by atoms with E-state index in [1.807, 2.05) is 6.07 Å². The lowest BCUT2D eigenvalue weighted by molar-refractivity contribution is -0.118. The van der Waals surface area contributed by atoms with Gasteiger partial charge in [0.05, 0.1) is 0 Å². The molecular formula is C12H17N3O. The van der Waals surface area contributed by atoms with Gasteiger partial charge in [-0.15, -0.1) is 0 Å². The molecule has 16 heavy (non-hydrogen) atoms. The first-order chi connectivity index (χ1) is 7.53. The second-order valence-corrected chi connectivity index (χ2v) is 4.99. The summed E-state index contributed by atoms with van der Waals surface area (Å²) in [7, 11) is 0. The van der Waals surface area contributed by atoms with Crippen LogP contribution < -0.4 is 11.1 Å². The summed E-state index contributed by atoms with van der Waals surface area (Å²) in [6.07, 6.45) is 2.65. The Morgan fingerprint density at radius 2 is 2.31 bits per heavy atom. The molecule has 1 heterocycles. The zero-order chi connectivity index (χ0) is 11.8. The summed E-state index contributed by atoms with van der Waals surface area (Å²) < 4.78 is 0. The Morgan fingerprint density at radius 1 is 1.62 bits per heavy atom. The zero-order valence-corrected chi connectivity index (χ0v) is 9.66. The molecule has 1 aliphatic carbocycles. The molecule has 4 nitrogen and oxygen atoms in total. The maximum atomic E-state index is 11.8. The second kappa shape index (κ2) is 3.87. The maximum absolute atomic E-state index is 11.8. The average Bonchev–Trinajstić information content (AvgIpc) is 2.89. The molecule has 1 aliphatic rings. The number of pyridine rings is 1. The van der Waals surface area contributed by atoms with Crippen LogP contribution in [0.25, 0.3) is 0 Å². The summed E-state index contributed by atoms with van der Waals surface area (Å²) in [6, 6.07) is 3.66. The summed E-state index contributed by atoms with van der Waals surface area (Å²) >= 11 is 0. The normalized spacial score (nSPS) is 21.6. The summed E-state index contributed by atoms with van der Waals surface area (Å²) in [4.78, 5) is 15.9. The predicted molar refractivity (Wildman–Crippen MR) is 62.6 cm³/mol. The van der Waals surface area contributed by atoms with Gasteiger partial charge in [0.25, 0.3) is 0 Å². The smallest absolute Gasteiger partial charge is 0.229 e. The van der Waals surface area contributed by atoms with E-state index in [0.717, 1.165) is 12.0 Å². The first-order valence-electron chi connectivity index (χ1n) is 5.49. The first-order valence-corrected chi connectivity index (χ1v) is 5.49. The van der Waals surface area contributed by atoms with Gasteiger partial charge >= 0.3 is 0 Å². The summed E-state index contributed by atoms with van der Waals surface area (Å²) in [5.41, 5.74) is 6.58. The number of carbonyl (C=O) groups excluding carboxylic acids is 1. The van der Waals surface area contributed by atoms with Crippen molar-refractivity contribution in [3.05, 3.63) is 23.9 Å². The lowest BCUT2D eigenvalue weighted by Gasteiger charge is -2.06. The number of nitrogens with one attached hydrogen (secondary N) is 1. The number of nitrogens with zero attached hydrogens (tertiary/aromatic N) is 1. The van der Waals surface area contributed by atoms with Crippen LogP contribution >= 0.6 is 0 Å². The highest BCUT2D eigenvalue weighted by molar-refractivity contribution is 5.94. The molecule has 1 atom stereocenters. The van der Waals surface area contributed by atoms with Gasteiger partial charge in [0.15, 0.2) is 0 Å². The van der Waals surface area contributed by atoms with E-state index in [1.54, 1.807) is 12.3 Å². The maximum Gasteiger partial charge on any atom is 0.229 e. The Bertz CT molecular complexity index is 397. The SMILES string of the molecule is CC1(C)CC1C(=O)Nc1ccc(CN)cn1. The van der Waals surface area contributed by atoms with Crippen molar-refractivity contribution in [2.75, 3.05) is 5.32 Å². The highest BCUT2D eigenvalue weighted by Gasteiger charge is 2.50. The van der Waals surface area contributed by atoms with Crippen molar-refractivity contribution in [2.24, 2.45) is 17.1 Å². The van der Waals surface area contributed by atoms with Crippen LogP contribution in [0, 0.1) is 11.3 Å². The number of anilines is 1. The zero-order valence-electron chi connectivity index (χ0n) is 9.66. The van der Waals surface area contributed by atoms with Crippen molar-refractivity contribution in [1.29, 1.82) is 0 Å². The number of carbonyl (C=O) groups is 1. The molecule has 0 saturated heterocycles. The van der Waals surface area contributed by atoms with Crippen LogP contribution in [-0.4, -0.2) is 10.9 Å². The highest BCUT2D eigenvalue weighted by Crippen LogP contribution is 2.51. The quantitative estimate of drug-likeness (QED) is 0.810. The Balaban J connectivity index is 1.96. The van der Waals surface area contributed by atoms with Crippen LogP contribution in [0.1, 0.15) is 25.8 Å². The van der Waals surface area contributed by atoms with Crippen LogP contribution in [-0.2, 0) is 11.3 Å². The lowest BCUT2D eigenvalue weighted by Crippen LogP contribution is -2.17. The van der Waals surface area contributed by atoms with Crippen molar-refractivity contribution in [2.45, 2.75) is 26.8 Å². The molecule has 0 aromatic carbocycles. The van der Waals surface area contributed by atoms with Gasteiger partial charge in [-0.3, -0.25) is 4.79 Å². The molecule has 4 heteroatoms. The molecule has 86 valence electrons. The molecule has 1 aromatic rings. The molecule has 0 bridgehead atoms. The van der Waals surface area contributed by atoms with Crippen molar-refractivity contribution in [1.82, 2.24) is 4.98 Å². The van der Waals surface area contributed by atoms with Crippen molar-refractivity contribution >= 4 is 11.7 Å². The molecule has 1 unspecified atom stereocenters. The van der Waals surface area contributed by atoms with Gasteiger partial charge in [0, 0.05) is 18.7 Å². The van der Waals surface area contributed by atoms with Gasteiger partial charge in [0.1, 0.15) is 5.82 Å². The Hall–Kier alpha value is -1.42. The first kappa shape index (κ1) is 11.1. The average molecular weight is 219 g/mol. The van der Waals surface area contributed by atoms with E-state index in [4.69, 9.17) is 5.73 Å². The van der Waals surface area contributed by atoms with Crippen LogP contribution in [0.2, 0.25) is 0 Å². The molecule has 1 saturated carbocycles. The molecule has 0 aliphatic heterocycles. The molecule has 0 spiro atoms. The van der Waals surface area contributed by atoms with Gasteiger partial charge in [-0.1, -0.05) is 19.9 Å². The van der Waals surface area contributed by atoms with Crippen molar-refractivity contribution in [3.8, 4) is 0 Å². The molecule has 1 fully saturated rings. The van der Waals surface area contributed by atoms with Crippen LogP contribution in [0.4, 0.5) is 5.82 Å². The van der Waals surface area contributed by atoms with E-state index in [2.05, 4.69) is 24.1 Å². The molecule has 2 rings (SSSR count). The Morgan fingerprint density at radius 3 is 2.75 bits per heavy atom. The van der Waals surface area contributed by atoms with E-state index < -0.39 is 0 Å². The molecule has 1 aromatic heterocycles. The van der Waals surface area contributed by atoms with E-state index in [-0.39, 0.29) is 17.2 Å². The highest BCUT2D eigenvalue weighted by atomic mass is 16.2. The van der Waals surface area contributed by atoms with Crippen molar-refractivity contribution in [3.63, 3.8) is 0 Å². The summed E-state index contributed by atoms with van der Waals surface area (Å²) in [6.45, 7) is 4.67. The summed E-state index contributed by atoms with van der Waals surface area (Å²) in [5.74, 6) is 0.798. The van der Waals surface area contributed by atoms with Crippen LogP contribution in [0.3, 0.4) is 0 Å². The molecule has 3 N–H and O–H groups in total. The van der Waals surface area contributed by atoms with Crippen LogP contribution in [0.15, 0.2) is 18.3 Å². The molecule has 1 amide bonds. The number of amides is 1. The van der Waals surface area contributed by atoms with Gasteiger partial charge in [0.2, 0.25) is 5.91 Å². The van der Waals surface area contributed by atoms with Gasteiger partial charge in [-0.25, -0.2) is 4.98 Å². The molecular weight excluding hydrogens is 202 g/mol. The number of hydrogen-bond donors (Lipinski definition) is 2. The van der Waals surface area contributed by atoms with Gasteiger partial charge < -0.3 is 11.1 Å². The Kier molecular flexibility index (Phi) is 2.68. The Labute approximate surface area is 95.3 Å². The van der Waals surface area contributed by atoms with E-state index in [1.165, 1.54) is 0 Å². The van der Waals surface area contributed by atoms with E-state index in [0.29, 0.717) is 12.4 Å². The van der Waals surface area contributed by atoms with E-state index >= 15 is 0 Å². The monoisotopic (exact) mass is 219 g/mol. The fraction of sp³-hybridized carbons (Fsp3) is 0.500. The topological polar surface area (TPSA) is 68.0 Å². The fourth-order valence-corrected chi connectivity index (χ4v) is 1.75. The van der Waals surface area contributed by atoms with Gasteiger partial charge in [-0.05, 0) is 23.5 Å². The number of rotatable bonds is 3. The third-order valence-electron chi connectivity index (χ3n) is 3.14. The molecule has 0 radical (unpaired) electrons. The minimum absolute atomic E-state index is 0.0676. The number of hydrogen-bond acceptors (Lipinski definition) is 3. The number of nitrogens with two attached hydrogens (primary N) is 1. The third kappa shape index (κ3) is 2.22. The second-order valence-electron chi connectivity index (χ2n) is 4.99. The fourth-order valence-electron chi connectivity index (χ4n) is 1.75. The lowest BCUT2D eigenvalue weighted by atomic mass is 10.1. The predicted octanol–water partition coefficient (Wildman–Crippen LogP) is 1.52. The number of aromatic nitrogens is 1. The largest absolute Gasteiger partial charge is 0.326 e.